The fourth-order valence-electron chi connectivity index (χ4n) is 2.31. The van der Waals surface area contributed by atoms with Gasteiger partial charge in [0.05, 0.1) is 12.1 Å². The number of aromatic nitrogens is 2. The minimum absolute atomic E-state index is 0.0694. The molecule has 0 aliphatic carbocycles. The van der Waals surface area contributed by atoms with Crippen molar-refractivity contribution in [2.45, 2.75) is 32.5 Å². The minimum atomic E-state index is -0.0713. The van der Waals surface area contributed by atoms with Gasteiger partial charge in [-0.05, 0) is 5.92 Å². The first kappa shape index (κ1) is 14.0. The molecule has 2 N–H and O–H groups in total. The molecule has 0 aromatic carbocycles. The maximum absolute atomic E-state index is 12.3. The second-order valence-electron chi connectivity index (χ2n) is 5.31. The number of nitrogens with zero attached hydrogens (tertiary/aromatic N) is 2. The van der Waals surface area contributed by atoms with Gasteiger partial charge in [-0.25, -0.2) is 4.98 Å². The summed E-state index contributed by atoms with van der Waals surface area (Å²) in [5.74, 6) is 0.826. The SMILES string of the molecule is CO[C@H]1CNCC1Nc1nccn(CC(C)C)c1=O. The molecule has 0 amide bonds. The summed E-state index contributed by atoms with van der Waals surface area (Å²) in [7, 11) is 1.68. The maximum atomic E-state index is 12.3. The molecule has 1 aliphatic heterocycles. The van der Waals surface area contributed by atoms with Crippen LogP contribution in [0.25, 0.3) is 0 Å². The fourth-order valence-corrected chi connectivity index (χ4v) is 2.31. The fraction of sp³-hybridized carbons (Fsp3) is 0.692. The summed E-state index contributed by atoms with van der Waals surface area (Å²) in [5, 5.41) is 6.43. The molecule has 1 aliphatic rings. The molecule has 6 heteroatoms. The summed E-state index contributed by atoms with van der Waals surface area (Å²) in [5.41, 5.74) is -0.0713. The van der Waals surface area contributed by atoms with Crippen LogP contribution >= 0.6 is 0 Å². The van der Waals surface area contributed by atoms with Crippen molar-refractivity contribution in [3.05, 3.63) is 22.7 Å². The molecular weight excluding hydrogens is 244 g/mol. The van der Waals surface area contributed by atoms with Crippen molar-refractivity contribution < 1.29 is 4.74 Å². The lowest BCUT2D eigenvalue weighted by Gasteiger charge is -2.19. The lowest BCUT2D eigenvalue weighted by Crippen LogP contribution is -2.37. The molecule has 1 aromatic heterocycles. The number of methoxy groups -OCH3 is 1. The highest BCUT2D eigenvalue weighted by Crippen LogP contribution is 2.08. The summed E-state index contributed by atoms with van der Waals surface area (Å²) in [6.07, 6.45) is 3.46. The number of anilines is 1. The summed E-state index contributed by atoms with van der Waals surface area (Å²) < 4.78 is 7.07. The molecular formula is C13H22N4O2. The van der Waals surface area contributed by atoms with Crippen LogP contribution in [0, 0.1) is 5.92 Å². The van der Waals surface area contributed by atoms with Crippen LogP contribution in [0.15, 0.2) is 17.2 Å². The topological polar surface area (TPSA) is 68.2 Å². The van der Waals surface area contributed by atoms with Crippen LogP contribution in [0.2, 0.25) is 0 Å². The molecule has 1 saturated heterocycles. The Morgan fingerprint density at radius 2 is 2.37 bits per heavy atom. The van der Waals surface area contributed by atoms with Crippen LogP contribution in [0.1, 0.15) is 13.8 Å². The summed E-state index contributed by atoms with van der Waals surface area (Å²) >= 11 is 0. The monoisotopic (exact) mass is 266 g/mol. The summed E-state index contributed by atoms with van der Waals surface area (Å²) in [6.45, 7) is 6.44. The van der Waals surface area contributed by atoms with E-state index in [4.69, 9.17) is 4.74 Å². The van der Waals surface area contributed by atoms with Gasteiger partial charge >= 0.3 is 0 Å². The average Bonchev–Trinajstić information content (AvgIpc) is 2.81. The Morgan fingerprint density at radius 1 is 1.58 bits per heavy atom. The molecule has 6 nitrogen and oxygen atoms in total. The Morgan fingerprint density at radius 3 is 3.05 bits per heavy atom. The number of rotatable bonds is 5. The van der Waals surface area contributed by atoms with Crippen molar-refractivity contribution in [1.82, 2.24) is 14.9 Å². The Bertz CT molecular complexity index is 472. The third-order valence-electron chi connectivity index (χ3n) is 3.26. The third kappa shape index (κ3) is 3.33. The standard InChI is InChI=1S/C13H22N4O2/c1-9(2)8-17-5-4-15-12(13(17)18)16-10-6-14-7-11(10)19-3/h4-5,9-11,14H,6-8H2,1-3H3,(H,15,16)/t10?,11-/m0/s1. The van der Waals surface area contributed by atoms with Crippen LogP contribution < -0.4 is 16.2 Å². The van der Waals surface area contributed by atoms with Gasteiger partial charge in [-0.15, -0.1) is 0 Å². The average molecular weight is 266 g/mol. The maximum Gasteiger partial charge on any atom is 0.293 e. The zero-order chi connectivity index (χ0) is 13.8. The second-order valence-corrected chi connectivity index (χ2v) is 5.31. The first-order valence-corrected chi connectivity index (χ1v) is 6.67. The van der Waals surface area contributed by atoms with E-state index in [0.717, 1.165) is 13.1 Å². The van der Waals surface area contributed by atoms with Crippen molar-refractivity contribution in [1.29, 1.82) is 0 Å². The molecule has 1 fully saturated rings. The molecule has 0 saturated carbocycles. The van der Waals surface area contributed by atoms with E-state index in [1.54, 1.807) is 24.1 Å². The molecule has 0 bridgehead atoms. The smallest absolute Gasteiger partial charge is 0.293 e. The molecule has 0 spiro atoms. The van der Waals surface area contributed by atoms with Gasteiger partial charge in [0.2, 0.25) is 0 Å². The van der Waals surface area contributed by atoms with Crippen molar-refractivity contribution in [3.8, 4) is 0 Å². The quantitative estimate of drug-likeness (QED) is 0.802. The van der Waals surface area contributed by atoms with Gasteiger partial charge in [0.25, 0.3) is 5.56 Å². The van der Waals surface area contributed by atoms with Crippen molar-refractivity contribution in [2.24, 2.45) is 5.92 Å². The Hall–Kier alpha value is -1.40. The van der Waals surface area contributed by atoms with Gasteiger partial charge in [-0.2, -0.15) is 0 Å². The van der Waals surface area contributed by atoms with E-state index in [9.17, 15) is 4.79 Å². The number of ether oxygens (including phenoxy) is 1. The van der Waals surface area contributed by atoms with Gasteiger partial charge in [0.1, 0.15) is 0 Å². The first-order valence-electron chi connectivity index (χ1n) is 6.67. The van der Waals surface area contributed by atoms with E-state index in [1.807, 2.05) is 0 Å². The Labute approximate surface area is 113 Å². The number of hydrogen-bond acceptors (Lipinski definition) is 5. The lowest BCUT2D eigenvalue weighted by atomic mass is 10.2. The van der Waals surface area contributed by atoms with Gasteiger partial charge in [0, 0.05) is 39.1 Å². The van der Waals surface area contributed by atoms with E-state index in [2.05, 4.69) is 29.5 Å². The third-order valence-corrected chi connectivity index (χ3v) is 3.26. The molecule has 19 heavy (non-hydrogen) atoms. The minimum Gasteiger partial charge on any atom is -0.378 e. The Kier molecular flexibility index (Phi) is 4.55. The van der Waals surface area contributed by atoms with E-state index in [1.165, 1.54) is 0 Å². The molecule has 1 aromatic rings. The van der Waals surface area contributed by atoms with Crippen molar-refractivity contribution in [3.63, 3.8) is 0 Å². The van der Waals surface area contributed by atoms with Gasteiger partial charge in [-0.1, -0.05) is 13.8 Å². The van der Waals surface area contributed by atoms with E-state index in [0.29, 0.717) is 18.3 Å². The van der Waals surface area contributed by atoms with Gasteiger partial charge in [-0.3, -0.25) is 4.79 Å². The number of nitrogens with one attached hydrogen (secondary N) is 2. The van der Waals surface area contributed by atoms with Crippen LogP contribution in [0.3, 0.4) is 0 Å². The molecule has 1 unspecified atom stereocenters. The predicted molar refractivity (Wildman–Crippen MR) is 74.4 cm³/mol. The largest absolute Gasteiger partial charge is 0.378 e. The predicted octanol–water partition coefficient (Wildman–Crippen LogP) is 0.298. The van der Waals surface area contributed by atoms with E-state index >= 15 is 0 Å². The van der Waals surface area contributed by atoms with Crippen LogP contribution in [-0.2, 0) is 11.3 Å². The highest BCUT2D eigenvalue weighted by Gasteiger charge is 2.27. The molecule has 2 atom stereocenters. The van der Waals surface area contributed by atoms with E-state index in [-0.39, 0.29) is 17.7 Å². The highest BCUT2D eigenvalue weighted by molar-refractivity contribution is 5.33. The highest BCUT2D eigenvalue weighted by atomic mass is 16.5. The van der Waals surface area contributed by atoms with E-state index < -0.39 is 0 Å². The second kappa shape index (κ2) is 6.16. The molecule has 0 radical (unpaired) electrons. The van der Waals surface area contributed by atoms with Crippen LogP contribution in [-0.4, -0.2) is 41.9 Å². The number of hydrogen-bond donors (Lipinski definition) is 2. The first-order chi connectivity index (χ1) is 9.11. The van der Waals surface area contributed by atoms with Crippen LogP contribution in [0.4, 0.5) is 5.82 Å². The van der Waals surface area contributed by atoms with Gasteiger partial charge in [0.15, 0.2) is 5.82 Å². The molecule has 106 valence electrons. The zero-order valence-corrected chi connectivity index (χ0v) is 11.7. The zero-order valence-electron chi connectivity index (χ0n) is 11.7. The summed E-state index contributed by atoms with van der Waals surface area (Å²) in [6, 6.07) is 0.0834. The van der Waals surface area contributed by atoms with Gasteiger partial charge < -0.3 is 19.9 Å². The molecule has 2 rings (SSSR count). The summed E-state index contributed by atoms with van der Waals surface area (Å²) in [4.78, 5) is 16.4. The van der Waals surface area contributed by atoms with Crippen molar-refractivity contribution in [2.75, 3.05) is 25.5 Å². The van der Waals surface area contributed by atoms with Crippen LogP contribution in [0.5, 0.6) is 0 Å². The molecule has 2 heterocycles. The lowest BCUT2D eigenvalue weighted by molar-refractivity contribution is 0.111. The van der Waals surface area contributed by atoms with Crippen molar-refractivity contribution >= 4 is 5.82 Å². The Balaban J connectivity index is 2.14. The normalized spacial score (nSPS) is 22.9.